The molecule has 1 fully saturated rings. The second-order valence-corrected chi connectivity index (χ2v) is 5.38. The van der Waals surface area contributed by atoms with Gasteiger partial charge in [0.15, 0.2) is 0 Å². The van der Waals surface area contributed by atoms with Crippen LogP contribution in [-0.4, -0.2) is 19.1 Å². The van der Waals surface area contributed by atoms with E-state index in [0.29, 0.717) is 13.2 Å². The van der Waals surface area contributed by atoms with Crippen LogP contribution in [0.15, 0.2) is 24.3 Å². The lowest BCUT2D eigenvalue weighted by atomic mass is 9.88. The molecule has 0 unspecified atom stereocenters. The van der Waals surface area contributed by atoms with E-state index in [9.17, 15) is 4.79 Å². The van der Waals surface area contributed by atoms with E-state index in [4.69, 9.17) is 10.5 Å². The van der Waals surface area contributed by atoms with Gasteiger partial charge in [-0.05, 0) is 37.1 Å². The van der Waals surface area contributed by atoms with Gasteiger partial charge in [0.05, 0.1) is 0 Å². The Bertz CT molecular complexity index is 428. The molecule has 0 aromatic heterocycles. The van der Waals surface area contributed by atoms with E-state index in [1.807, 2.05) is 31.2 Å². The van der Waals surface area contributed by atoms with Crippen LogP contribution in [0.1, 0.15) is 32.6 Å². The first-order valence-electron chi connectivity index (χ1n) is 6.88. The summed E-state index contributed by atoms with van der Waals surface area (Å²) in [6.07, 6.45) is 4.26. The Labute approximate surface area is 126 Å². The maximum atomic E-state index is 12.2. The van der Waals surface area contributed by atoms with Crippen molar-refractivity contribution in [2.45, 2.75) is 32.6 Å². The summed E-state index contributed by atoms with van der Waals surface area (Å²) in [5.74, 6) is 0.899. The lowest BCUT2D eigenvalue weighted by Gasteiger charge is -2.22. The molecule has 0 atom stereocenters. The molecule has 0 heterocycles. The van der Waals surface area contributed by atoms with Crippen LogP contribution in [0.3, 0.4) is 0 Å². The average molecular weight is 299 g/mol. The highest BCUT2D eigenvalue weighted by atomic mass is 35.5. The molecule has 1 aromatic rings. The van der Waals surface area contributed by atoms with Crippen molar-refractivity contribution in [2.75, 3.05) is 18.5 Å². The van der Waals surface area contributed by atoms with E-state index >= 15 is 0 Å². The molecule has 0 spiro atoms. The number of nitrogens with two attached hydrogens (primary N) is 1. The lowest BCUT2D eigenvalue weighted by molar-refractivity contribution is -0.124. The molecule has 1 saturated carbocycles. The van der Waals surface area contributed by atoms with Gasteiger partial charge in [-0.3, -0.25) is 4.79 Å². The number of nitrogens with one attached hydrogen (secondary N) is 1. The zero-order valence-corrected chi connectivity index (χ0v) is 12.7. The molecule has 2 rings (SSSR count). The number of anilines is 1. The van der Waals surface area contributed by atoms with Gasteiger partial charge in [0.2, 0.25) is 5.91 Å². The number of amides is 1. The number of carbonyl (C=O) groups excluding carboxylic acids is 1. The highest BCUT2D eigenvalue weighted by Crippen LogP contribution is 2.38. The van der Waals surface area contributed by atoms with Crippen LogP contribution >= 0.6 is 12.4 Å². The van der Waals surface area contributed by atoms with Gasteiger partial charge in [-0.15, -0.1) is 12.4 Å². The minimum absolute atomic E-state index is 0. The number of hydrogen-bond donors (Lipinski definition) is 2. The third-order valence-electron chi connectivity index (χ3n) is 3.75. The molecular weight excluding hydrogens is 276 g/mol. The van der Waals surface area contributed by atoms with Crippen molar-refractivity contribution in [3.63, 3.8) is 0 Å². The summed E-state index contributed by atoms with van der Waals surface area (Å²) in [7, 11) is 0. The van der Waals surface area contributed by atoms with E-state index in [1.54, 1.807) is 0 Å². The smallest absolute Gasteiger partial charge is 0.230 e. The van der Waals surface area contributed by atoms with Crippen molar-refractivity contribution in [3.8, 4) is 5.75 Å². The molecule has 112 valence electrons. The van der Waals surface area contributed by atoms with Gasteiger partial charge in [0.25, 0.3) is 0 Å². The van der Waals surface area contributed by atoms with Gasteiger partial charge < -0.3 is 15.8 Å². The third kappa shape index (κ3) is 4.12. The van der Waals surface area contributed by atoms with Gasteiger partial charge in [-0.2, -0.15) is 0 Å². The molecular formula is C15H23ClN2O2. The molecule has 0 radical (unpaired) electrons. The molecule has 0 bridgehead atoms. The van der Waals surface area contributed by atoms with Crippen LogP contribution in [0.5, 0.6) is 5.75 Å². The van der Waals surface area contributed by atoms with Crippen LogP contribution in [0.25, 0.3) is 0 Å². The van der Waals surface area contributed by atoms with E-state index in [2.05, 4.69) is 5.32 Å². The fraction of sp³-hybridized carbons (Fsp3) is 0.533. The predicted molar refractivity (Wildman–Crippen MR) is 83.4 cm³/mol. The molecule has 0 aliphatic heterocycles. The first-order valence-corrected chi connectivity index (χ1v) is 6.88. The minimum atomic E-state index is -0.200. The van der Waals surface area contributed by atoms with E-state index < -0.39 is 0 Å². The molecule has 0 saturated heterocycles. The van der Waals surface area contributed by atoms with Crippen molar-refractivity contribution in [1.82, 2.24) is 0 Å². The van der Waals surface area contributed by atoms with E-state index in [0.717, 1.165) is 37.1 Å². The van der Waals surface area contributed by atoms with E-state index in [-0.39, 0.29) is 23.7 Å². The van der Waals surface area contributed by atoms with Crippen molar-refractivity contribution in [2.24, 2.45) is 11.1 Å². The minimum Gasteiger partial charge on any atom is -0.492 e. The van der Waals surface area contributed by atoms with Gasteiger partial charge in [-0.1, -0.05) is 19.8 Å². The van der Waals surface area contributed by atoms with Crippen LogP contribution in [0, 0.1) is 5.41 Å². The molecule has 1 aromatic carbocycles. The number of halogens is 1. The Balaban J connectivity index is 0.00000200. The van der Waals surface area contributed by atoms with Gasteiger partial charge in [0, 0.05) is 17.6 Å². The van der Waals surface area contributed by atoms with Gasteiger partial charge >= 0.3 is 0 Å². The number of carbonyl (C=O) groups is 1. The molecule has 1 aliphatic carbocycles. The van der Waals surface area contributed by atoms with E-state index in [1.165, 1.54) is 0 Å². The summed E-state index contributed by atoms with van der Waals surface area (Å²) in [5.41, 5.74) is 5.99. The highest BCUT2D eigenvalue weighted by molar-refractivity contribution is 5.95. The zero-order chi connectivity index (χ0) is 13.7. The number of hydrogen-bond acceptors (Lipinski definition) is 3. The Hall–Kier alpha value is -1.26. The predicted octanol–water partition coefficient (Wildman–Crippen LogP) is 2.96. The summed E-state index contributed by atoms with van der Waals surface area (Å²) in [4.78, 5) is 12.2. The van der Waals surface area contributed by atoms with Gasteiger partial charge in [0.1, 0.15) is 12.4 Å². The summed E-state index contributed by atoms with van der Waals surface area (Å²) in [6, 6.07) is 7.43. The monoisotopic (exact) mass is 298 g/mol. The standard InChI is InChI=1S/C15H22N2O2.ClH/c1-15(8-2-3-9-15)14(18)17-12-4-6-13(7-5-12)19-11-10-16;/h4-7H,2-3,8-11,16H2,1H3,(H,17,18);1H. The van der Waals surface area contributed by atoms with Crippen molar-refractivity contribution >= 4 is 24.0 Å². The quantitative estimate of drug-likeness (QED) is 0.878. The molecule has 4 nitrogen and oxygen atoms in total. The molecule has 5 heteroatoms. The fourth-order valence-corrected chi connectivity index (χ4v) is 2.48. The Morgan fingerprint density at radius 2 is 1.90 bits per heavy atom. The SMILES string of the molecule is CC1(C(=O)Nc2ccc(OCCN)cc2)CCCC1.Cl. The second-order valence-electron chi connectivity index (χ2n) is 5.38. The van der Waals surface area contributed by atoms with Crippen LogP contribution < -0.4 is 15.8 Å². The normalized spacial score (nSPS) is 16.3. The topological polar surface area (TPSA) is 64.3 Å². The molecule has 1 amide bonds. The summed E-state index contributed by atoms with van der Waals surface area (Å²) in [5, 5.41) is 2.99. The Morgan fingerprint density at radius 1 is 1.30 bits per heavy atom. The number of rotatable bonds is 5. The summed E-state index contributed by atoms with van der Waals surface area (Å²) in [6.45, 7) is 3.05. The van der Waals surface area contributed by atoms with Crippen molar-refractivity contribution in [3.05, 3.63) is 24.3 Å². The van der Waals surface area contributed by atoms with Crippen molar-refractivity contribution in [1.29, 1.82) is 0 Å². The van der Waals surface area contributed by atoms with Crippen LogP contribution in [0.2, 0.25) is 0 Å². The second kappa shape index (κ2) is 7.50. The molecule has 20 heavy (non-hydrogen) atoms. The summed E-state index contributed by atoms with van der Waals surface area (Å²) < 4.78 is 5.40. The fourth-order valence-electron chi connectivity index (χ4n) is 2.48. The average Bonchev–Trinajstić information content (AvgIpc) is 2.86. The number of ether oxygens (including phenoxy) is 1. The molecule has 3 N–H and O–H groups in total. The highest BCUT2D eigenvalue weighted by Gasteiger charge is 2.36. The maximum Gasteiger partial charge on any atom is 0.230 e. The molecule has 1 aliphatic rings. The number of benzene rings is 1. The Kier molecular flexibility index (Phi) is 6.30. The zero-order valence-electron chi connectivity index (χ0n) is 11.9. The Morgan fingerprint density at radius 3 is 2.45 bits per heavy atom. The largest absolute Gasteiger partial charge is 0.492 e. The summed E-state index contributed by atoms with van der Waals surface area (Å²) >= 11 is 0. The maximum absolute atomic E-state index is 12.2. The third-order valence-corrected chi connectivity index (χ3v) is 3.75. The lowest BCUT2D eigenvalue weighted by Crippen LogP contribution is -2.30. The van der Waals surface area contributed by atoms with Crippen LogP contribution in [0.4, 0.5) is 5.69 Å². The first kappa shape index (κ1) is 16.8. The van der Waals surface area contributed by atoms with Crippen molar-refractivity contribution < 1.29 is 9.53 Å². The first-order chi connectivity index (χ1) is 9.14. The van der Waals surface area contributed by atoms with Gasteiger partial charge in [-0.25, -0.2) is 0 Å². The van der Waals surface area contributed by atoms with Crippen LogP contribution in [-0.2, 0) is 4.79 Å².